The average molecular weight is 364 g/mol. The number of hydrogen-bond acceptors (Lipinski definition) is 5. The molecule has 2 saturated heterocycles. The summed E-state index contributed by atoms with van der Waals surface area (Å²) < 4.78 is 4.89. The number of aliphatic hydroxyl groups is 1. The van der Waals surface area contributed by atoms with E-state index >= 15 is 0 Å². The molecular weight excluding hydrogens is 340 g/mol. The maximum Gasteiger partial charge on any atom is 0.315 e. The molecule has 0 saturated carbocycles. The SMILES string of the molecule is COC(=O)C(CCC[C@@H]1SC[C@@H]2NC(=O)N[C@@H]21)C(O)c1ccccc1. The average Bonchev–Trinajstić information content (AvgIpc) is 3.18. The zero-order valence-electron chi connectivity index (χ0n) is 14.2. The van der Waals surface area contributed by atoms with Gasteiger partial charge in [0, 0.05) is 11.0 Å². The van der Waals surface area contributed by atoms with E-state index in [-0.39, 0.29) is 24.1 Å². The topological polar surface area (TPSA) is 87.7 Å². The third-order valence-corrected chi connectivity index (χ3v) is 6.48. The van der Waals surface area contributed by atoms with Gasteiger partial charge in [-0.2, -0.15) is 11.8 Å². The van der Waals surface area contributed by atoms with Gasteiger partial charge in [-0.25, -0.2) is 4.79 Å². The van der Waals surface area contributed by atoms with Crippen molar-refractivity contribution in [1.82, 2.24) is 10.6 Å². The van der Waals surface area contributed by atoms with Gasteiger partial charge in [-0.05, 0) is 18.4 Å². The van der Waals surface area contributed by atoms with E-state index in [1.807, 2.05) is 42.1 Å². The lowest BCUT2D eigenvalue weighted by atomic mass is 9.90. The van der Waals surface area contributed by atoms with Gasteiger partial charge in [0.1, 0.15) is 0 Å². The summed E-state index contributed by atoms with van der Waals surface area (Å²) in [5.74, 6) is -0.0451. The van der Waals surface area contributed by atoms with Gasteiger partial charge in [0.15, 0.2) is 0 Å². The maximum atomic E-state index is 12.1. The third kappa shape index (κ3) is 4.10. The summed E-state index contributed by atoms with van der Waals surface area (Å²) in [6.07, 6.45) is 1.37. The molecule has 2 heterocycles. The van der Waals surface area contributed by atoms with Gasteiger partial charge in [0.2, 0.25) is 0 Å². The summed E-state index contributed by atoms with van der Waals surface area (Å²) in [6, 6.07) is 9.47. The first-order valence-electron chi connectivity index (χ1n) is 8.59. The van der Waals surface area contributed by atoms with Crippen molar-refractivity contribution >= 4 is 23.8 Å². The van der Waals surface area contributed by atoms with Crippen LogP contribution in [0.4, 0.5) is 4.79 Å². The van der Waals surface area contributed by atoms with Crippen molar-refractivity contribution in [2.75, 3.05) is 12.9 Å². The number of thioether (sulfide) groups is 1. The van der Waals surface area contributed by atoms with Crippen LogP contribution in [0.3, 0.4) is 0 Å². The highest BCUT2D eigenvalue weighted by Crippen LogP contribution is 2.34. The van der Waals surface area contributed by atoms with Gasteiger partial charge in [0.25, 0.3) is 0 Å². The fraction of sp³-hybridized carbons (Fsp3) is 0.556. The third-order valence-electron chi connectivity index (χ3n) is 4.97. The number of ether oxygens (including phenoxy) is 1. The summed E-state index contributed by atoms with van der Waals surface area (Å²) >= 11 is 1.85. The van der Waals surface area contributed by atoms with E-state index in [1.165, 1.54) is 7.11 Å². The van der Waals surface area contributed by atoms with Crippen LogP contribution in [-0.2, 0) is 9.53 Å². The number of amides is 2. The van der Waals surface area contributed by atoms with Crippen molar-refractivity contribution in [3.63, 3.8) is 0 Å². The Balaban J connectivity index is 1.56. The molecule has 1 aromatic rings. The van der Waals surface area contributed by atoms with Crippen LogP contribution in [0.15, 0.2) is 30.3 Å². The molecule has 0 bridgehead atoms. The molecule has 6 nitrogen and oxygen atoms in total. The number of rotatable bonds is 7. The summed E-state index contributed by atoms with van der Waals surface area (Å²) in [5.41, 5.74) is 0.723. The summed E-state index contributed by atoms with van der Waals surface area (Å²) in [6.45, 7) is 0. The number of aliphatic hydroxyl groups excluding tert-OH is 1. The number of fused-ring (bicyclic) bond motifs is 1. The lowest BCUT2D eigenvalue weighted by molar-refractivity contribution is -0.150. The van der Waals surface area contributed by atoms with Gasteiger partial charge in [0.05, 0.1) is 31.2 Å². The molecule has 2 fully saturated rings. The molecule has 5 atom stereocenters. The van der Waals surface area contributed by atoms with Crippen LogP contribution < -0.4 is 10.6 Å². The first-order chi connectivity index (χ1) is 12.1. The Morgan fingerprint density at radius 2 is 2.12 bits per heavy atom. The molecule has 2 aliphatic rings. The molecule has 0 radical (unpaired) electrons. The van der Waals surface area contributed by atoms with E-state index in [9.17, 15) is 14.7 Å². The van der Waals surface area contributed by atoms with Crippen LogP contribution in [-0.4, -0.2) is 47.3 Å². The number of benzene rings is 1. The zero-order chi connectivity index (χ0) is 17.8. The minimum Gasteiger partial charge on any atom is -0.469 e. The predicted molar refractivity (Wildman–Crippen MR) is 96.2 cm³/mol. The molecule has 1 aromatic carbocycles. The van der Waals surface area contributed by atoms with Gasteiger partial charge in [-0.1, -0.05) is 36.8 Å². The van der Waals surface area contributed by atoms with Crippen molar-refractivity contribution < 1.29 is 19.4 Å². The van der Waals surface area contributed by atoms with E-state index in [2.05, 4.69) is 10.6 Å². The number of urea groups is 1. The summed E-state index contributed by atoms with van der Waals surface area (Å²) in [7, 11) is 1.35. The second-order valence-electron chi connectivity index (χ2n) is 6.54. The molecule has 2 amide bonds. The molecule has 2 unspecified atom stereocenters. The molecule has 136 valence electrons. The molecule has 0 aliphatic carbocycles. The molecular formula is C18H24N2O4S. The van der Waals surface area contributed by atoms with E-state index in [0.717, 1.165) is 24.2 Å². The summed E-state index contributed by atoms with van der Waals surface area (Å²) in [5, 5.41) is 16.8. The Morgan fingerprint density at radius 1 is 1.36 bits per heavy atom. The molecule has 7 heteroatoms. The Morgan fingerprint density at radius 3 is 2.84 bits per heavy atom. The maximum absolute atomic E-state index is 12.1. The molecule has 3 N–H and O–H groups in total. The largest absolute Gasteiger partial charge is 0.469 e. The van der Waals surface area contributed by atoms with Crippen LogP contribution in [0, 0.1) is 5.92 Å². The first kappa shape index (κ1) is 18.1. The number of carbonyl (C=O) groups is 2. The minimum absolute atomic E-state index is 0.0905. The van der Waals surface area contributed by atoms with Crippen molar-refractivity contribution in [3.8, 4) is 0 Å². The quantitative estimate of drug-likeness (QED) is 0.508. The molecule has 25 heavy (non-hydrogen) atoms. The van der Waals surface area contributed by atoms with E-state index in [0.29, 0.717) is 11.7 Å². The highest BCUT2D eigenvalue weighted by Gasteiger charge is 2.42. The van der Waals surface area contributed by atoms with Crippen molar-refractivity contribution in [2.45, 2.75) is 42.7 Å². The molecule has 3 rings (SSSR count). The second-order valence-corrected chi connectivity index (χ2v) is 7.81. The van der Waals surface area contributed by atoms with E-state index < -0.39 is 12.0 Å². The minimum atomic E-state index is -0.870. The Hall–Kier alpha value is -1.73. The monoisotopic (exact) mass is 364 g/mol. The standard InChI is InChI=1S/C18H24N2O4S/c1-24-17(22)12(16(21)11-6-3-2-4-7-11)8-5-9-14-15-13(10-25-14)19-18(23)20-15/h2-4,6-7,12-16,21H,5,8-10H2,1H3,(H2,19,20,23)/t12?,13-,14-,15-,16?/m0/s1. The highest BCUT2D eigenvalue weighted by molar-refractivity contribution is 8.00. The number of nitrogens with one attached hydrogen (secondary N) is 2. The van der Waals surface area contributed by atoms with Crippen LogP contribution in [0.2, 0.25) is 0 Å². The number of hydrogen-bond donors (Lipinski definition) is 3. The van der Waals surface area contributed by atoms with Gasteiger partial charge in [-0.15, -0.1) is 0 Å². The normalized spacial score (nSPS) is 27.1. The van der Waals surface area contributed by atoms with E-state index in [1.54, 1.807) is 0 Å². The number of esters is 1. The van der Waals surface area contributed by atoms with Crippen molar-refractivity contribution in [1.29, 1.82) is 0 Å². The first-order valence-corrected chi connectivity index (χ1v) is 9.64. The van der Waals surface area contributed by atoms with Crippen LogP contribution in [0.5, 0.6) is 0 Å². The Bertz CT molecular complexity index is 612. The lowest BCUT2D eigenvalue weighted by Gasteiger charge is -2.22. The number of carbonyl (C=O) groups excluding carboxylic acids is 2. The number of methoxy groups -OCH3 is 1. The van der Waals surface area contributed by atoms with Gasteiger partial charge < -0.3 is 20.5 Å². The zero-order valence-corrected chi connectivity index (χ0v) is 15.0. The molecule has 2 aliphatic heterocycles. The molecule has 0 aromatic heterocycles. The lowest BCUT2D eigenvalue weighted by Crippen LogP contribution is -2.36. The Kier molecular flexibility index (Phi) is 5.86. The molecule has 0 spiro atoms. The smallest absolute Gasteiger partial charge is 0.315 e. The predicted octanol–water partition coefficient (Wildman–Crippen LogP) is 1.84. The van der Waals surface area contributed by atoms with E-state index in [4.69, 9.17) is 4.74 Å². The van der Waals surface area contributed by atoms with Crippen LogP contribution in [0.1, 0.15) is 30.9 Å². The fourth-order valence-electron chi connectivity index (χ4n) is 3.62. The van der Waals surface area contributed by atoms with Crippen molar-refractivity contribution in [2.24, 2.45) is 5.92 Å². The highest BCUT2D eigenvalue weighted by atomic mass is 32.2. The van der Waals surface area contributed by atoms with Gasteiger partial charge in [-0.3, -0.25) is 4.79 Å². The Labute approximate surface area is 151 Å². The van der Waals surface area contributed by atoms with Gasteiger partial charge >= 0.3 is 12.0 Å². The van der Waals surface area contributed by atoms with Crippen molar-refractivity contribution in [3.05, 3.63) is 35.9 Å². The van der Waals surface area contributed by atoms with Crippen LogP contribution >= 0.6 is 11.8 Å². The second kappa shape index (κ2) is 8.10. The van der Waals surface area contributed by atoms with Crippen LogP contribution in [0.25, 0.3) is 0 Å². The fourth-order valence-corrected chi connectivity index (χ4v) is 5.16. The summed E-state index contributed by atoms with van der Waals surface area (Å²) in [4.78, 5) is 23.6.